The van der Waals surface area contributed by atoms with Crippen molar-refractivity contribution in [3.63, 3.8) is 0 Å². The number of rotatable bonds is 7. The van der Waals surface area contributed by atoms with Crippen LogP contribution in [0, 0.1) is 5.92 Å². The molecule has 0 amide bonds. The Morgan fingerprint density at radius 1 is 0.682 bits per heavy atom. The van der Waals surface area contributed by atoms with E-state index in [4.69, 9.17) is 0 Å². The molecule has 0 spiro atoms. The normalized spacial score (nSPS) is 22.4. The fourth-order valence-corrected chi connectivity index (χ4v) is 3.65. The molecule has 2 fully saturated rings. The molecule has 2 aliphatic heterocycles. The molecule has 0 aromatic heterocycles. The van der Waals surface area contributed by atoms with E-state index < -0.39 is 0 Å². The van der Waals surface area contributed by atoms with Crippen LogP contribution in [-0.4, -0.2) is 73.6 Å². The van der Waals surface area contributed by atoms with Crippen LogP contribution < -0.4 is 0 Å². The maximum Gasteiger partial charge on any atom is 0.0110 e. The highest BCUT2D eigenvalue weighted by atomic mass is 15.3. The minimum Gasteiger partial charge on any atom is -0.303 e. The largest absolute Gasteiger partial charge is 0.303 e. The molecular formula is C19H41N3. The van der Waals surface area contributed by atoms with Gasteiger partial charge in [0.1, 0.15) is 0 Å². The van der Waals surface area contributed by atoms with Crippen molar-refractivity contribution in [2.75, 3.05) is 58.9 Å². The van der Waals surface area contributed by atoms with Gasteiger partial charge in [-0.3, -0.25) is 0 Å². The first-order chi connectivity index (χ1) is 10.8. The van der Waals surface area contributed by atoms with Crippen molar-refractivity contribution < 1.29 is 0 Å². The summed E-state index contributed by atoms with van der Waals surface area (Å²) >= 11 is 0. The van der Waals surface area contributed by atoms with Crippen molar-refractivity contribution >= 4 is 0 Å². The van der Waals surface area contributed by atoms with Crippen molar-refractivity contribution in [1.82, 2.24) is 14.7 Å². The van der Waals surface area contributed by atoms with Gasteiger partial charge in [0.05, 0.1) is 0 Å². The topological polar surface area (TPSA) is 9.72 Å². The third-order valence-electron chi connectivity index (χ3n) is 5.06. The molecule has 0 unspecified atom stereocenters. The maximum absolute atomic E-state index is 2.72. The van der Waals surface area contributed by atoms with E-state index in [-0.39, 0.29) is 0 Å². The Balaban J connectivity index is 0.00000116. The molecule has 2 rings (SSSR count). The molecule has 3 heteroatoms. The van der Waals surface area contributed by atoms with Crippen molar-refractivity contribution in [2.24, 2.45) is 5.92 Å². The van der Waals surface area contributed by atoms with Crippen LogP contribution in [0.25, 0.3) is 0 Å². The second-order valence-electron chi connectivity index (χ2n) is 6.78. The molecule has 132 valence electrons. The molecule has 0 aromatic carbocycles. The second kappa shape index (κ2) is 12.3. The van der Waals surface area contributed by atoms with E-state index in [2.05, 4.69) is 28.5 Å². The van der Waals surface area contributed by atoms with E-state index in [1.54, 1.807) is 0 Å². The first-order valence-corrected chi connectivity index (χ1v) is 9.99. The average molecular weight is 312 g/mol. The van der Waals surface area contributed by atoms with E-state index >= 15 is 0 Å². The summed E-state index contributed by atoms with van der Waals surface area (Å²) in [5.41, 5.74) is 0. The van der Waals surface area contributed by atoms with Crippen LogP contribution >= 0.6 is 0 Å². The minimum atomic E-state index is 0.964. The third-order valence-corrected chi connectivity index (χ3v) is 5.06. The minimum absolute atomic E-state index is 0.964. The molecule has 3 nitrogen and oxygen atoms in total. The standard InChI is InChI=1S/C17H35N3.C2H6/c1-3-5-9-19-10-6-17(7-11-19)16-20-14-12-18(8-4-2)13-15-20;1-2/h17H,3-16H2,1-2H3;1-2H3. The lowest BCUT2D eigenvalue weighted by Crippen LogP contribution is -2.48. The summed E-state index contributed by atoms with van der Waals surface area (Å²) < 4.78 is 0. The van der Waals surface area contributed by atoms with Gasteiger partial charge in [-0.05, 0) is 57.8 Å². The number of likely N-dealkylation sites (tertiary alicyclic amines) is 1. The fourth-order valence-electron chi connectivity index (χ4n) is 3.65. The van der Waals surface area contributed by atoms with Gasteiger partial charge in [-0.1, -0.05) is 34.1 Å². The van der Waals surface area contributed by atoms with E-state index in [0.717, 1.165) is 5.92 Å². The molecule has 0 atom stereocenters. The predicted molar refractivity (Wildman–Crippen MR) is 98.6 cm³/mol. The Hall–Kier alpha value is -0.120. The van der Waals surface area contributed by atoms with Gasteiger partial charge in [-0.15, -0.1) is 0 Å². The van der Waals surface area contributed by atoms with Gasteiger partial charge in [0.2, 0.25) is 0 Å². The second-order valence-corrected chi connectivity index (χ2v) is 6.78. The molecular weight excluding hydrogens is 270 g/mol. The zero-order valence-corrected chi connectivity index (χ0v) is 15.8. The Morgan fingerprint density at radius 2 is 1.23 bits per heavy atom. The number of nitrogens with zero attached hydrogens (tertiary/aromatic N) is 3. The van der Waals surface area contributed by atoms with Gasteiger partial charge in [0, 0.05) is 32.7 Å². The molecule has 0 saturated carbocycles. The first kappa shape index (κ1) is 19.9. The SMILES string of the molecule is CC.CCCCN1CCC(CN2CCN(CCC)CC2)CC1. The van der Waals surface area contributed by atoms with Gasteiger partial charge in [-0.2, -0.15) is 0 Å². The van der Waals surface area contributed by atoms with E-state index in [0.29, 0.717) is 0 Å². The van der Waals surface area contributed by atoms with Gasteiger partial charge in [0.15, 0.2) is 0 Å². The summed E-state index contributed by atoms with van der Waals surface area (Å²) in [4.78, 5) is 8.03. The number of piperidine rings is 1. The Kier molecular flexibility index (Phi) is 11.2. The van der Waals surface area contributed by atoms with Crippen LogP contribution in [-0.2, 0) is 0 Å². The molecule has 2 saturated heterocycles. The number of hydrogen-bond acceptors (Lipinski definition) is 3. The Labute approximate surface area is 140 Å². The molecule has 22 heavy (non-hydrogen) atoms. The zero-order valence-electron chi connectivity index (χ0n) is 15.8. The number of unbranched alkanes of at least 4 members (excludes halogenated alkanes) is 1. The van der Waals surface area contributed by atoms with Crippen molar-refractivity contribution in [2.45, 2.75) is 59.8 Å². The van der Waals surface area contributed by atoms with Crippen LogP contribution in [0.1, 0.15) is 59.8 Å². The van der Waals surface area contributed by atoms with E-state index in [1.807, 2.05) is 13.8 Å². The lowest BCUT2D eigenvalue weighted by atomic mass is 9.95. The van der Waals surface area contributed by atoms with E-state index in [1.165, 1.54) is 91.0 Å². The average Bonchev–Trinajstić information content (AvgIpc) is 2.58. The van der Waals surface area contributed by atoms with Crippen LogP contribution in [0.2, 0.25) is 0 Å². The number of piperazine rings is 1. The summed E-state index contributed by atoms with van der Waals surface area (Å²) in [5.74, 6) is 0.964. The molecule has 0 bridgehead atoms. The van der Waals surface area contributed by atoms with Crippen LogP contribution in [0.5, 0.6) is 0 Å². The van der Waals surface area contributed by atoms with Crippen molar-refractivity contribution in [3.05, 3.63) is 0 Å². The monoisotopic (exact) mass is 311 g/mol. The Bertz CT molecular complexity index is 241. The molecule has 0 aliphatic carbocycles. The van der Waals surface area contributed by atoms with Gasteiger partial charge >= 0.3 is 0 Å². The summed E-state index contributed by atoms with van der Waals surface area (Å²) in [6.07, 6.45) is 6.88. The van der Waals surface area contributed by atoms with E-state index in [9.17, 15) is 0 Å². The highest BCUT2D eigenvalue weighted by molar-refractivity contribution is 4.78. The highest BCUT2D eigenvalue weighted by Crippen LogP contribution is 2.19. The lowest BCUT2D eigenvalue weighted by molar-refractivity contribution is 0.0949. The maximum atomic E-state index is 2.72. The van der Waals surface area contributed by atoms with Crippen LogP contribution in [0.4, 0.5) is 0 Å². The lowest BCUT2D eigenvalue weighted by Gasteiger charge is -2.38. The summed E-state index contributed by atoms with van der Waals surface area (Å²) in [7, 11) is 0. The quantitative estimate of drug-likeness (QED) is 0.712. The smallest absolute Gasteiger partial charge is 0.0110 e. The van der Waals surface area contributed by atoms with Gasteiger partial charge in [-0.25, -0.2) is 0 Å². The zero-order chi connectivity index (χ0) is 16.2. The van der Waals surface area contributed by atoms with Gasteiger partial charge < -0.3 is 14.7 Å². The molecule has 2 heterocycles. The van der Waals surface area contributed by atoms with Crippen LogP contribution in [0.15, 0.2) is 0 Å². The van der Waals surface area contributed by atoms with Crippen LogP contribution in [0.3, 0.4) is 0 Å². The molecule has 0 aromatic rings. The number of hydrogen-bond donors (Lipinski definition) is 0. The summed E-state index contributed by atoms with van der Waals surface area (Å²) in [6.45, 7) is 20.5. The predicted octanol–water partition coefficient (Wildman–Crippen LogP) is 3.55. The van der Waals surface area contributed by atoms with Crippen molar-refractivity contribution in [1.29, 1.82) is 0 Å². The Morgan fingerprint density at radius 3 is 1.77 bits per heavy atom. The molecule has 0 N–H and O–H groups in total. The molecule has 2 aliphatic rings. The molecule has 0 radical (unpaired) electrons. The summed E-state index contributed by atoms with van der Waals surface area (Å²) in [5, 5.41) is 0. The van der Waals surface area contributed by atoms with Crippen molar-refractivity contribution in [3.8, 4) is 0 Å². The first-order valence-electron chi connectivity index (χ1n) is 9.99. The van der Waals surface area contributed by atoms with Gasteiger partial charge in [0.25, 0.3) is 0 Å². The third kappa shape index (κ3) is 7.43. The fraction of sp³-hybridized carbons (Fsp3) is 1.00. The summed E-state index contributed by atoms with van der Waals surface area (Å²) in [6, 6.07) is 0. The highest BCUT2D eigenvalue weighted by Gasteiger charge is 2.23.